The minimum Gasteiger partial charge on any atom is -0.494 e. The third-order valence-corrected chi connectivity index (χ3v) is 3.50. The quantitative estimate of drug-likeness (QED) is 0.878. The molecule has 110 valence electrons. The Morgan fingerprint density at radius 1 is 1.50 bits per heavy atom. The molecule has 1 unspecified atom stereocenters. The third-order valence-electron chi connectivity index (χ3n) is 3.50. The van der Waals surface area contributed by atoms with Gasteiger partial charge in [0.15, 0.2) is 0 Å². The highest BCUT2D eigenvalue weighted by molar-refractivity contribution is 5.86. The molecule has 0 bridgehead atoms. The Bertz CT molecular complexity index is 470. The number of carbonyl (C=O) groups is 1. The maximum absolute atomic E-state index is 12.4. The summed E-state index contributed by atoms with van der Waals surface area (Å²) in [7, 11) is 1.76. The minimum atomic E-state index is -0.880. The van der Waals surface area contributed by atoms with Gasteiger partial charge in [0.05, 0.1) is 13.2 Å². The third kappa shape index (κ3) is 3.11. The summed E-state index contributed by atoms with van der Waals surface area (Å²) in [5.41, 5.74) is 6.21. The Morgan fingerprint density at radius 2 is 2.25 bits per heavy atom. The minimum absolute atomic E-state index is 0.0821. The van der Waals surface area contributed by atoms with Crippen LogP contribution in [0, 0.1) is 0 Å². The monoisotopic (exact) mass is 278 g/mol. The molecular weight excluding hydrogens is 256 g/mol. The van der Waals surface area contributed by atoms with Crippen LogP contribution in [-0.4, -0.2) is 43.2 Å². The summed E-state index contributed by atoms with van der Waals surface area (Å²) in [6.45, 7) is 3.86. The average molecular weight is 278 g/mol. The molecule has 0 radical (unpaired) electrons. The molecule has 0 aliphatic carbocycles. The van der Waals surface area contributed by atoms with Crippen molar-refractivity contribution in [2.45, 2.75) is 25.4 Å². The van der Waals surface area contributed by atoms with E-state index in [0.717, 1.165) is 11.3 Å². The SMILES string of the molecule is CCOc1ccccc1CN(C)C(=O)C1(N)CCOC1. The number of likely N-dealkylation sites (N-methyl/N-ethyl adjacent to an activating group) is 1. The van der Waals surface area contributed by atoms with E-state index in [9.17, 15) is 4.79 Å². The predicted octanol–water partition coefficient (Wildman–Crippen LogP) is 1.16. The molecule has 5 nitrogen and oxygen atoms in total. The molecule has 2 N–H and O–H groups in total. The van der Waals surface area contributed by atoms with Gasteiger partial charge < -0.3 is 20.1 Å². The van der Waals surface area contributed by atoms with Crippen LogP contribution in [0.3, 0.4) is 0 Å². The Labute approximate surface area is 119 Å². The van der Waals surface area contributed by atoms with Gasteiger partial charge in [0.2, 0.25) is 5.91 Å². The number of hydrogen-bond acceptors (Lipinski definition) is 4. The first-order chi connectivity index (χ1) is 9.57. The van der Waals surface area contributed by atoms with E-state index in [1.54, 1.807) is 11.9 Å². The lowest BCUT2D eigenvalue weighted by Gasteiger charge is -2.28. The zero-order valence-corrected chi connectivity index (χ0v) is 12.1. The summed E-state index contributed by atoms with van der Waals surface area (Å²) < 4.78 is 10.8. The summed E-state index contributed by atoms with van der Waals surface area (Å²) in [4.78, 5) is 14.1. The van der Waals surface area contributed by atoms with Crippen molar-refractivity contribution in [3.63, 3.8) is 0 Å². The van der Waals surface area contributed by atoms with Crippen LogP contribution in [0.5, 0.6) is 5.75 Å². The fraction of sp³-hybridized carbons (Fsp3) is 0.533. The predicted molar refractivity (Wildman–Crippen MR) is 76.4 cm³/mol. The van der Waals surface area contributed by atoms with Gasteiger partial charge in [-0.1, -0.05) is 18.2 Å². The van der Waals surface area contributed by atoms with Gasteiger partial charge in [-0.2, -0.15) is 0 Å². The first-order valence-corrected chi connectivity index (χ1v) is 6.90. The highest BCUT2D eigenvalue weighted by atomic mass is 16.5. The van der Waals surface area contributed by atoms with Gasteiger partial charge in [0.25, 0.3) is 0 Å². The first-order valence-electron chi connectivity index (χ1n) is 6.90. The number of para-hydroxylation sites is 1. The van der Waals surface area contributed by atoms with Crippen LogP contribution < -0.4 is 10.5 Å². The number of ether oxygens (including phenoxy) is 2. The second-order valence-corrected chi connectivity index (χ2v) is 5.16. The summed E-state index contributed by atoms with van der Waals surface area (Å²) >= 11 is 0. The van der Waals surface area contributed by atoms with Crippen molar-refractivity contribution in [2.24, 2.45) is 5.73 Å². The summed E-state index contributed by atoms with van der Waals surface area (Å²) in [6, 6.07) is 7.73. The van der Waals surface area contributed by atoms with E-state index in [1.165, 1.54) is 0 Å². The number of carbonyl (C=O) groups excluding carboxylic acids is 1. The summed E-state index contributed by atoms with van der Waals surface area (Å²) in [5, 5.41) is 0. The van der Waals surface area contributed by atoms with Crippen molar-refractivity contribution in [1.29, 1.82) is 0 Å². The van der Waals surface area contributed by atoms with Crippen molar-refractivity contribution in [3.05, 3.63) is 29.8 Å². The maximum atomic E-state index is 12.4. The fourth-order valence-corrected chi connectivity index (χ4v) is 2.39. The number of rotatable bonds is 5. The second kappa shape index (κ2) is 6.24. The number of nitrogens with two attached hydrogens (primary N) is 1. The van der Waals surface area contributed by atoms with E-state index >= 15 is 0 Å². The van der Waals surface area contributed by atoms with Crippen molar-refractivity contribution >= 4 is 5.91 Å². The first kappa shape index (κ1) is 14.8. The zero-order chi connectivity index (χ0) is 14.6. The number of nitrogens with zero attached hydrogens (tertiary/aromatic N) is 1. The molecule has 20 heavy (non-hydrogen) atoms. The highest BCUT2D eigenvalue weighted by Crippen LogP contribution is 2.22. The maximum Gasteiger partial charge on any atom is 0.245 e. The lowest BCUT2D eigenvalue weighted by molar-refractivity contribution is -0.136. The summed E-state index contributed by atoms with van der Waals surface area (Å²) in [5.74, 6) is 0.727. The van der Waals surface area contributed by atoms with Gasteiger partial charge in [0.1, 0.15) is 11.3 Å². The van der Waals surface area contributed by atoms with Gasteiger partial charge in [-0.15, -0.1) is 0 Å². The molecule has 2 rings (SSSR count). The molecule has 1 saturated heterocycles. The van der Waals surface area contributed by atoms with Crippen LogP contribution in [0.2, 0.25) is 0 Å². The Hall–Kier alpha value is -1.59. The Kier molecular flexibility index (Phi) is 4.62. The van der Waals surface area contributed by atoms with Gasteiger partial charge in [-0.25, -0.2) is 0 Å². The van der Waals surface area contributed by atoms with E-state index in [4.69, 9.17) is 15.2 Å². The molecule has 1 aliphatic heterocycles. The Balaban J connectivity index is 2.07. The van der Waals surface area contributed by atoms with Crippen LogP contribution in [0.15, 0.2) is 24.3 Å². The molecule has 1 heterocycles. The standard InChI is InChI=1S/C15H22N2O3/c1-3-20-13-7-5-4-6-12(13)10-17(2)14(18)15(16)8-9-19-11-15/h4-7H,3,8-11,16H2,1-2H3. The van der Waals surface area contributed by atoms with Crippen molar-refractivity contribution < 1.29 is 14.3 Å². The van der Waals surface area contributed by atoms with Crippen molar-refractivity contribution in [1.82, 2.24) is 4.90 Å². The van der Waals surface area contributed by atoms with E-state index in [-0.39, 0.29) is 5.91 Å². The molecule has 1 amide bonds. The molecule has 5 heteroatoms. The van der Waals surface area contributed by atoms with E-state index in [2.05, 4.69) is 0 Å². The molecule has 1 atom stereocenters. The zero-order valence-electron chi connectivity index (χ0n) is 12.1. The van der Waals surface area contributed by atoms with Crippen molar-refractivity contribution in [2.75, 3.05) is 26.9 Å². The highest BCUT2D eigenvalue weighted by Gasteiger charge is 2.40. The van der Waals surface area contributed by atoms with E-state index < -0.39 is 5.54 Å². The van der Waals surface area contributed by atoms with Gasteiger partial charge >= 0.3 is 0 Å². The molecule has 0 aromatic heterocycles. The second-order valence-electron chi connectivity index (χ2n) is 5.16. The lowest BCUT2D eigenvalue weighted by Crippen LogP contribution is -2.54. The van der Waals surface area contributed by atoms with Crippen LogP contribution in [0.4, 0.5) is 0 Å². The van der Waals surface area contributed by atoms with Crippen LogP contribution in [0.1, 0.15) is 18.9 Å². The van der Waals surface area contributed by atoms with Gasteiger partial charge in [-0.3, -0.25) is 4.79 Å². The normalized spacial score (nSPS) is 21.8. The molecule has 1 fully saturated rings. The number of hydrogen-bond donors (Lipinski definition) is 1. The largest absolute Gasteiger partial charge is 0.494 e. The summed E-state index contributed by atoms with van der Waals surface area (Å²) in [6.07, 6.45) is 0.573. The van der Waals surface area contributed by atoms with Gasteiger partial charge in [-0.05, 0) is 19.4 Å². The van der Waals surface area contributed by atoms with Crippen LogP contribution >= 0.6 is 0 Å². The fourth-order valence-electron chi connectivity index (χ4n) is 2.39. The van der Waals surface area contributed by atoms with E-state index in [0.29, 0.717) is 32.8 Å². The molecule has 1 aromatic rings. The van der Waals surface area contributed by atoms with Crippen molar-refractivity contribution in [3.8, 4) is 5.75 Å². The van der Waals surface area contributed by atoms with E-state index in [1.807, 2.05) is 31.2 Å². The molecular formula is C15H22N2O3. The topological polar surface area (TPSA) is 64.8 Å². The number of benzene rings is 1. The molecule has 1 aliphatic rings. The van der Waals surface area contributed by atoms with Crippen LogP contribution in [-0.2, 0) is 16.1 Å². The van der Waals surface area contributed by atoms with Gasteiger partial charge in [0, 0.05) is 25.8 Å². The number of amides is 1. The Morgan fingerprint density at radius 3 is 2.90 bits per heavy atom. The lowest BCUT2D eigenvalue weighted by atomic mass is 9.98. The molecule has 0 spiro atoms. The average Bonchev–Trinajstić information content (AvgIpc) is 2.88. The molecule has 1 aromatic carbocycles. The smallest absolute Gasteiger partial charge is 0.245 e. The van der Waals surface area contributed by atoms with Crippen LogP contribution in [0.25, 0.3) is 0 Å². The molecule has 0 saturated carbocycles.